The van der Waals surface area contributed by atoms with E-state index in [1.807, 2.05) is 13.8 Å². The summed E-state index contributed by atoms with van der Waals surface area (Å²) >= 11 is 0. The van der Waals surface area contributed by atoms with Crippen LogP contribution in [0, 0.1) is 11.8 Å². The maximum atomic E-state index is 11.0. The number of hydrogen-bond acceptors (Lipinski definition) is 5. The highest BCUT2D eigenvalue weighted by atomic mass is 16.5. The van der Waals surface area contributed by atoms with Gasteiger partial charge in [0.1, 0.15) is 12.2 Å². The Morgan fingerprint density at radius 2 is 1.95 bits per heavy atom. The molecule has 0 bridgehead atoms. The average molecular weight is 289 g/mol. The van der Waals surface area contributed by atoms with Crippen LogP contribution in [0.1, 0.15) is 39.5 Å². The van der Waals surface area contributed by atoms with E-state index in [4.69, 9.17) is 15.6 Å². The van der Waals surface area contributed by atoms with Crippen LogP contribution in [-0.2, 0) is 9.53 Å². The van der Waals surface area contributed by atoms with Gasteiger partial charge in [-0.2, -0.15) is 0 Å². The molecule has 1 saturated heterocycles. The van der Waals surface area contributed by atoms with Crippen molar-refractivity contribution < 1.29 is 24.9 Å². The van der Waals surface area contributed by atoms with Gasteiger partial charge < -0.3 is 25.8 Å². The van der Waals surface area contributed by atoms with E-state index in [0.717, 1.165) is 12.8 Å². The van der Waals surface area contributed by atoms with Gasteiger partial charge in [-0.25, -0.2) is 0 Å². The molecule has 0 spiro atoms. The summed E-state index contributed by atoms with van der Waals surface area (Å²) in [5, 5.41) is 28.9. The van der Waals surface area contributed by atoms with Gasteiger partial charge in [0.25, 0.3) is 0 Å². The number of rotatable bonds is 7. The highest BCUT2D eigenvalue weighted by Gasteiger charge is 2.41. The van der Waals surface area contributed by atoms with Crippen LogP contribution in [-0.4, -0.2) is 52.2 Å². The molecule has 20 heavy (non-hydrogen) atoms. The number of carbonyl (C=O) groups excluding carboxylic acids is 1. The molecular formula is C14H27NO5. The smallest absolute Gasteiger partial charge is 0.217 e. The number of aliphatic hydroxyl groups is 3. The van der Waals surface area contributed by atoms with Crippen LogP contribution in [0.15, 0.2) is 0 Å². The second kappa shape index (κ2) is 7.93. The van der Waals surface area contributed by atoms with Crippen molar-refractivity contribution >= 4 is 5.91 Å². The number of nitrogens with two attached hydrogens (primary N) is 1. The zero-order valence-electron chi connectivity index (χ0n) is 12.2. The van der Waals surface area contributed by atoms with Crippen molar-refractivity contribution in [3.05, 3.63) is 0 Å². The Morgan fingerprint density at radius 1 is 1.30 bits per heavy atom. The van der Waals surface area contributed by atoms with Crippen LogP contribution < -0.4 is 5.73 Å². The van der Waals surface area contributed by atoms with Crippen molar-refractivity contribution in [2.45, 2.75) is 63.9 Å². The largest absolute Gasteiger partial charge is 0.394 e. The molecule has 5 N–H and O–H groups in total. The van der Waals surface area contributed by atoms with Crippen LogP contribution in [0.3, 0.4) is 0 Å². The lowest BCUT2D eigenvalue weighted by molar-refractivity contribution is -0.207. The summed E-state index contributed by atoms with van der Waals surface area (Å²) in [4.78, 5) is 11.0. The van der Waals surface area contributed by atoms with Gasteiger partial charge in [0.2, 0.25) is 5.91 Å². The standard InChI is InChI=1S/C14H27NO5/c1-3-9(6-12(15)17)4-5-10-8(2)13(18)14(19)11(7-16)20-10/h8-11,13-14,16,18-19H,3-7H2,1-2H3,(H2,15,17)/t8?,9-,10?,11?,13?,14?/m1/s1. The summed E-state index contributed by atoms with van der Waals surface area (Å²) < 4.78 is 5.65. The molecule has 1 rings (SSSR count). The van der Waals surface area contributed by atoms with Gasteiger partial charge in [-0.1, -0.05) is 20.3 Å². The Kier molecular flexibility index (Phi) is 6.88. The average Bonchev–Trinajstić information content (AvgIpc) is 2.42. The first-order valence-corrected chi connectivity index (χ1v) is 7.31. The monoisotopic (exact) mass is 289 g/mol. The van der Waals surface area contributed by atoms with Crippen molar-refractivity contribution in [3.63, 3.8) is 0 Å². The molecule has 0 aromatic heterocycles. The lowest BCUT2D eigenvalue weighted by Crippen LogP contribution is -2.54. The SMILES string of the molecule is CC[C@H](CCC1OC(CO)C(O)C(O)C1C)CC(N)=O. The third-order valence-corrected chi connectivity index (χ3v) is 4.31. The summed E-state index contributed by atoms with van der Waals surface area (Å²) in [5.74, 6) is -0.308. The number of primary amides is 1. The number of amides is 1. The molecule has 5 unspecified atom stereocenters. The van der Waals surface area contributed by atoms with Gasteiger partial charge in [0.15, 0.2) is 0 Å². The van der Waals surface area contributed by atoms with Crippen molar-refractivity contribution in [1.82, 2.24) is 0 Å². The molecule has 6 atom stereocenters. The Balaban J connectivity index is 2.55. The predicted octanol–water partition coefficient (Wildman–Crippen LogP) is -0.214. The second-order valence-electron chi connectivity index (χ2n) is 5.76. The molecule has 1 fully saturated rings. The molecular weight excluding hydrogens is 262 g/mol. The molecule has 0 aromatic carbocycles. The van der Waals surface area contributed by atoms with E-state index in [2.05, 4.69) is 0 Å². The van der Waals surface area contributed by atoms with Crippen LogP contribution in [0.2, 0.25) is 0 Å². The minimum Gasteiger partial charge on any atom is -0.394 e. The van der Waals surface area contributed by atoms with Crippen LogP contribution in [0.5, 0.6) is 0 Å². The fourth-order valence-corrected chi connectivity index (χ4v) is 2.80. The van der Waals surface area contributed by atoms with Gasteiger partial charge in [0, 0.05) is 12.3 Å². The van der Waals surface area contributed by atoms with Crippen LogP contribution in [0.25, 0.3) is 0 Å². The highest BCUT2D eigenvalue weighted by Crippen LogP contribution is 2.30. The number of hydrogen-bond donors (Lipinski definition) is 4. The topological polar surface area (TPSA) is 113 Å². The summed E-state index contributed by atoms with van der Waals surface area (Å²) in [6.07, 6.45) is -0.274. The van der Waals surface area contributed by atoms with Crippen molar-refractivity contribution in [3.8, 4) is 0 Å². The maximum absolute atomic E-state index is 11.0. The van der Waals surface area contributed by atoms with Crippen molar-refractivity contribution in [2.75, 3.05) is 6.61 Å². The van der Waals surface area contributed by atoms with E-state index in [9.17, 15) is 15.0 Å². The fourth-order valence-electron chi connectivity index (χ4n) is 2.80. The minimum absolute atomic E-state index is 0.208. The van der Waals surface area contributed by atoms with Crippen LogP contribution in [0.4, 0.5) is 0 Å². The van der Waals surface area contributed by atoms with E-state index < -0.39 is 18.3 Å². The lowest BCUT2D eigenvalue weighted by Gasteiger charge is -2.41. The molecule has 0 aliphatic carbocycles. The third kappa shape index (κ3) is 4.41. The Bertz CT molecular complexity index is 310. The predicted molar refractivity (Wildman–Crippen MR) is 73.8 cm³/mol. The molecule has 0 aromatic rings. The lowest BCUT2D eigenvalue weighted by atomic mass is 9.84. The van der Waals surface area contributed by atoms with Crippen molar-refractivity contribution in [1.29, 1.82) is 0 Å². The first-order chi connectivity index (χ1) is 9.40. The molecule has 0 saturated carbocycles. The molecule has 6 heteroatoms. The second-order valence-corrected chi connectivity index (χ2v) is 5.76. The van der Waals surface area contributed by atoms with Gasteiger partial charge in [-0.05, 0) is 18.8 Å². The van der Waals surface area contributed by atoms with Gasteiger partial charge in [0.05, 0.1) is 18.8 Å². The Morgan fingerprint density at radius 3 is 2.45 bits per heavy atom. The van der Waals surface area contributed by atoms with Gasteiger partial charge in [-0.15, -0.1) is 0 Å². The summed E-state index contributed by atoms with van der Waals surface area (Å²) in [6, 6.07) is 0. The molecule has 6 nitrogen and oxygen atoms in total. The van der Waals surface area contributed by atoms with E-state index in [1.165, 1.54) is 0 Å². The first-order valence-electron chi connectivity index (χ1n) is 7.31. The highest BCUT2D eigenvalue weighted by molar-refractivity contribution is 5.73. The first kappa shape index (κ1) is 17.4. The normalized spacial score (nSPS) is 35.8. The third-order valence-electron chi connectivity index (χ3n) is 4.31. The summed E-state index contributed by atoms with van der Waals surface area (Å²) in [7, 11) is 0. The summed E-state index contributed by atoms with van der Waals surface area (Å²) in [6.45, 7) is 3.51. The van der Waals surface area contributed by atoms with Gasteiger partial charge in [-0.3, -0.25) is 4.79 Å². The van der Waals surface area contributed by atoms with Crippen molar-refractivity contribution in [2.24, 2.45) is 17.6 Å². The molecule has 1 aliphatic heterocycles. The van der Waals surface area contributed by atoms with Crippen LogP contribution >= 0.6 is 0 Å². The fraction of sp³-hybridized carbons (Fsp3) is 0.929. The Hall–Kier alpha value is -0.690. The quantitative estimate of drug-likeness (QED) is 0.518. The zero-order valence-corrected chi connectivity index (χ0v) is 12.2. The van der Waals surface area contributed by atoms with E-state index in [0.29, 0.717) is 12.8 Å². The maximum Gasteiger partial charge on any atom is 0.217 e. The van der Waals surface area contributed by atoms with E-state index in [-0.39, 0.29) is 30.5 Å². The number of aliphatic hydroxyl groups excluding tert-OH is 3. The zero-order chi connectivity index (χ0) is 15.3. The molecule has 118 valence electrons. The summed E-state index contributed by atoms with van der Waals surface area (Å²) in [5.41, 5.74) is 5.21. The van der Waals surface area contributed by atoms with Gasteiger partial charge >= 0.3 is 0 Å². The minimum atomic E-state index is -1.06. The Labute approximate surface area is 119 Å². The molecule has 1 heterocycles. The van der Waals surface area contributed by atoms with E-state index in [1.54, 1.807) is 0 Å². The van der Waals surface area contributed by atoms with E-state index >= 15 is 0 Å². The molecule has 1 amide bonds. The molecule has 0 radical (unpaired) electrons. The number of ether oxygens (including phenoxy) is 1. The number of carbonyl (C=O) groups is 1. The molecule has 1 aliphatic rings.